The lowest BCUT2D eigenvalue weighted by Gasteiger charge is -2.20. The number of hydrazine groups is 1. The molecule has 0 unspecified atom stereocenters. The van der Waals surface area contributed by atoms with E-state index in [1.165, 1.54) is 6.42 Å². The van der Waals surface area contributed by atoms with Gasteiger partial charge in [0, 0.05) is 12.5 Å². The van der Waals surface area contributed by atoms with Crippen LogP contribution in [-0.4, -0.2) is 23.5 Å². The van der Waals surface area contributed by atoms with E-state index in [1.54, 1.807) is 0 Å². The molecule has 2 rings (SSSR count). The van der Waals surface area contributed by atoms with Gasteiger partial charge in [0.1, 0.15) is 0 Å². The highest BCUT2D eigenvalue weighted by molar-refractivity contribution is 7.80. The molecule has 24 heavy (non-hydrogen) atoms. The molecular formula is C17H24N4O2S. The van der Waals surface area contributed by atoms with Crippen LogP contribution in [0.1, 0.15) is 37.7 Å². The molecule has 0 heterocycles. The summed E-state index contributed by atoms with van der Waals surface area (Å²) in [4.78, 5) is 23.7. The zero-order chi connectivity index (χ0) is 17.2. The molecule has 0 spiro atoms. The SMILES string of the molecule is O=C(CNC(=O)C1CCCCC1)NNC(=S)NCc1ccccc1. The fourth-order valence-corrected chi connectivity index (χ4v) is 2.79. The highest BCUT2D eigenvalue weighted by Gasteiger charge is 2.21. The minimum absolute atomic E-state index is 0.0328. The lowest BCUT2D eigenvalue weighted by molar-refractivity contribution is -0.129. The number of rotatable bonds is 5. The van der Waals surface area contributed by atoms with Gasteiger partial charge in [-0.3, -0.25) is 20.4 Å². The minimum Gasteiger partial charge on any atom is -0.357 e. The third kappa shape index (κ3) is 6.54. The maximum absolute atomic E-state index is 12.0. The van der Waals surface area contributed by atoms with Crippen LogP contribution in [0.3, 0.4) is 0 Å². The zero-order valence-corrected chi connectivity index (χ0v) is 14.5. The van der Waals surface area contributed by atoms with E-state index >= 15 is 0 Å². The van der Waals surface area contributed by atoms with Crippen molar-refractivity contribution in [3.63, 3.8) is 0 Å². The summed E-state index contributed by atoms with van der Waals surface area (Å²) in [6.07, 6.45) is 5.21. The van der Waals surface area contributed by atoms with Gasteiger partial charge in [-0.05, 0) is 30.6 Å². The van der Waals surface area contributed by atoms with Gasteiger partial charge in [0.15, 0.2) is 5.11 Å². The maximum atomic E-state index is 12.0. The first kappa shape index (κ1) is 18.2. The monoisotopic (exact) mass is 348 g/mol. The highest BCUT2D eigenvalue weighted by Crippen LogP contribution is 2.23. The van der Waals surface area contributed by atoms with E-state index in [9.17, 15) is 9.59 Å². The van der Waals surface area contributed by atoms with Crippen molar-refractivity contribution in [2.75, 3.05) is 6.54 Å². The van der Waals surface area contributed by atoms with Gasteiger partial charge in [-0.2, -0.15) is 0 Å². The van der Waals surface area contributed by atoms with Crippen molar-refractivity contribution in [3.8, 4) is 0 Å². The van der Waals surface area contributed by atoms with Crippen LogP contribution in [0.15, 0.2) is 30.3 Å². The van der Waals surface area contributed by atoms with Crippen molar-refractivity contribution < 1.29 is 9.59 Å². The van der Waals surface area contributed by atoms with Crippen molar-refractivity contribution in [1.82, 2.24) is 21.5 Å². The predicted octanol–water partition coefficient (Wildman–Crippen LogP) is 1.38. The topological polar surface area (TPSA) is 82.3 Å². The Hall–Kier alpha value is -2.15. The Kier molecular flexibility index (Phi) is 7.48. The zero-order valence-electron chi connectivity index (χ0n) is 13.6. The molecule has 1 saturated carbocycles. The molecule has 130 valence electrons. The number of carbonyl (C=O) groups excluding carboxylic acids is 2. The van der Waals surface area contributed by atoms with Gasteiger partial charge in [-0.15, -0.1) is 0 Å². The second kappa shape index (κ2) is 9.87. The average molecular weight is 348 g/mol. The molecule has 0 bridgehead atoms. The van der Waals surface area contributed by atoms with Gasteiger partial charge in [-0.25, -0.2) is 0 Å². The molecule has 1 fully saturated rings. The lowest BCUT2D eigenvalue weighted by Crippen LogP contribution is -2.50. The molecular weight excluding hydrogens is 324 g/mol. The van der Waals surface area contributed by atoms with Gasteiger partial charge in [0.05, 0.1) is 6.54 Å². The van der Waals surface area contributed by atoms with Crippen molar-refractivity contribution in [2.24, 2.45) is 5.92 Å². The summed E-state index contributed by atoms with van der Waals surface area (Å²) in [6, 6.07) is 9.81. The van der Waals surface area contributed by atoms with Crippen LogP contribution in [0.2, 0.25) is 0 Å². The predicted molar refractivity (Wildman–Crippen MR) is 96.7 cm³/mol. The van der Waals surface area contributed by atoms with E-state index in [4.69, 9.17) is 12.2 Å². The number of benzene rings is 1. The Morgan fingerprint density at radius 3 is 2.42 bits per heavy atom. The van der Waals surface area contributed by atoms with Gasteiger partial charge >= 0.3 is 0 Å². The summed E-state index contributed by atoms with van der Waals surface area (Å²) < 4.78 is 0. The standard InChI is InChI=1S/C17H24N4O2S/c22-15(12-18-16(23)14-9-5-2-6-10-14)20-21-17(24)19-11-13-7-3-1-4-8-13/h1,3-4,7-8,14H,2,5-6,9-12H2,(H,18,23)(H,20,22)(H2,19,21,24). The minimum atomic E-state index is -0.331. The molecule has 0 saturated heterocycles. The Bertz CT molecular complexity index is 559. The van der Waals surface area contributed by atoms with E-state index in [1.807, 2.05) is 30.3 Å². The van der Waals surface area contributed by atoms with Crippen molar-refractivity contribution >= 4 is 29.1 Å². The number of thiocarbonyl (C=S) groups is 1. The second-order valence-corrected chi connectivity index (χ2v) is 6.30. The number of amides is 2. The fraction of sp³-hybridized carbons (Fsp3) is 0.471. The molecule has 1 aromatic carbocycles. The quantitative estimate of drug-likeness (QED) is 0.477. The molecule has 1 aliphatic rings. The fourth-order valence-electron chi connectivity index (χ4n) is 2.67. The number of hydrogen-bond donors (Lipinski definition) is 4. The van der Waals surface area contributed by atoms with E-state index < -0.39 is 0 Å². The van der Waals surface area contributed by atoms with E-state index in [0.717, 1.165) is 31.2 Å². The molecule has 1 aromatic rings. The maximum Gasteiger partial charge on any atom is 0.257 e. The van der Waals surface area contributed by atoms with Crippen LogP contribution in [-0.2, 0) is 16.1 Å². The van der Waals surface area contributed by atoms with E-state index in [0.29, 0.717) is 11.7 Å². The molecule has 0 atom stereocenters. The van der Waals surface area contributed by atoms with Gasteiger partial charge in [0.25, 0.3) is 5.91 Å². The third-order valence-electron chi connectivity index (χ3n) is 4.01. The number of nitrogens with one attached hydrogen (secondary N) is 4. The van der Waals surface area contributed by atoms with Gasteiger partial charge < -0.3 is 10.6 Å². The first-order valence-corrected chi connectivity index (χ1v) is 8.70. The summed E-state index contributed by atoms with van der Waals surface area (Å²) in [5, 5.41) is 5.99. The Morgan fingerprint density at radius 2 is 1.71 bits per heavy atom. The average Bonchev–Trinajstić information content (AvgIpc) is 2.64. The third-order valence-corrected chi connectivity index (χ3v) is 4.26. The summed E-state index contributed by atoms with van der Waals surface area (Å²) in [5.74, 6) is -0.314. The molecule has 0 aromatic heterocycles. The Morgan fingerprint density at radius 1 is 1.00 bits per heavy atom. The highest BCUT2D eigenvalue weighted by atomic mass is 32.1. The van der Waals surface area contributed by atoms with Crippen LogP contribution in [0.4, 0.5) is 0 Å². The summed E-state index contributed by atoms with van der Waals surface area (Å²) >= 11 is 5.09. The molecule has 4 N–H and O–H groups in total. The molecule has 7 heteroatoms. The van der Waals surface area contributed by atoms with Crippen LogP contribution < -0.4 is 21.5 Å². The smallest absolute Gasteiger partial charge is 0.257 e. The van der Waals surface area contributed by atoms with Gasteiger partial charge in [-0.1, -0.05) is 49.6 Å². The first-order valence-electron chi connectivity index (χ1n) is 8.29. The largest absolute Gasteiger partial charge is 0.357 e. The Labute approximate surface area is 147 Å². The van der Waals surface area contributed by atoms with Crippen LogP contribution >= 0.6 is 12.2 Å². The normalized spacial score (nSPS) is 14.5. The number of hydrogen-bond acceptors (Lipinski definition) is 3. The summed E-state index contributed by atoms with van der Waals surface area (Å²) in [5.41, 5.74) is 6.19. The van der Waals surface area contributed by atoms with Gasteiger partial charge in [0.2, 0.25) is 5.91 Å². The Balaban J connectivity index is 1.58. The molecule has 2 amide bonds. The summed E-state index contributed by atoms with van der Waals surface area (Å²) in [6.45, 7) is 0.518. The summed E-state index contributed by atoms with van der Waals surface area (Å²) in [7, 11) is 0. The molecule has 0 aliphatic heterocycles. The van der Waals surface area contributed by atoms with Crippen molar-refractivity contribution in [3.05, 3.63) is 35.9 Å². The van der Waals surface area contributed by atoms with Crippen LogP contribution in [0.5, 0.6) is 0 Å². The van der Waals surface area contributed by atoms with Crippen LogP contribution in [0, 0.1) is 5.92 Å². The van der Waals surface area contributed by atoms with E-state index in [2.05, 4.69) is 21.5 Å². The first-order chi connectivity index (χ1) is 11.6. The van der Waals surface area contributed by atoms with Crippen molar-refractivity contribution in [1.29, 1.82) is 0 Å². The molecule has 1 aliphatic carbocycles. The van der Waals surface area contributed by atoms with E-state index in [-0.39, 0.29) is 24.3 Å². The lowest BCUT2D eigenvalue weighted by atomic mass is 9.89. The molecule has 6 nitrogen and oxygen atoms in total. The molecule has 0 radical (unpaired) electrons. The van der Waals surface area contributed by atoms with Crippen molar-refractivity contribution in [2.45, 2.75) is 38.6 Å². The number of carbonyl (C=O) groups is 2. The van der Waals surface area contributed by atoms with Crippen LogP contribution in [0.25, 0.3) is 0 Å². The second-order valence-electron chi connectivity index (χ2n) is 5.89.